The topological polar surface area (TPSA) is 69.2 Å². The number of hydrogen-bond acceptors (Lipinski definition) is 3. The van der Waals surface area contributed by atoms with Gasteiger partial charge in [0.25, 0.3) is 0 Å². The number of hydrogen-bond donors (Lipinski definition) is 1. The second-order valence-corrected chi connectivity index (χ2v) is 1.55. The molecule has 1 aliphatic rings. The molecule has 0 aromatic heterocycles. The van der Waals surface area contributed by atoms with Crippen LogP contribution in [0.3, 0.4) is 0 Å². The number of rotatable bonds is 0. The van der Waals surface area contributed by atoms with Gasteiger partial charge < -0.3 is 15.2 Å². The first-order valence-corrected chi connectivity index (χ1v) is 2.63. The summed E-state index contributed by atoms with van der Waals surface area (Å²) in [5, 5.41) is 10.9. The van der Waals surface area contributed by atoms with Crippen LogP contribution in [0.2, 0.25) is 0 Å². The van der Waals surface area contributed by atoms with E-state index in [0.717, 1.165) is 19.4 Å². The first-order chi connectivity index (χ1) is 4.31. The summed E-state index contributed by atoms with van der Waals surface area (Å²) < 4.78 is 0. The van der Waals surface area contributed by atoms with Crippen LogP contribution < -0.4 is 10.4 Å². The van der Waals surface area contributed by atoms with Crippen molar-refractivity contribution in [3.63, 3.8) is 0 Å². The van der Waals surface area contributed by atoms with E-state index in [1.54, 1.807) is 0 Å². The van der Waals surface area contributed by atoms with Crippen molar-refractivity contribution >= 4 is 29.7 Å². The summed E-state index contributed by atoms with van der Waals surface area (Å²) in [5.74, 6) is 0.204. The van der Waals surface area contributed by atoms with E-state index < -0.39 is 6.47 Å². The van der Waals surface area contributed by atoms with Crippen molar-refractivity contribution in [3.8, 4) is 0 Å². The Hall–Kier alpha value is -0.528. The van der Waals surface area contributed by atoms with E-state index in [4.69, 9.17) is 9.90 Å². The summed E-state index contributed by atoms with van der Waals surface area (Å²) in [6, 6.07) is 0. The molecule has 5 heteroatoms. The Balaban J connectivity index is 0. The van der Waals surface area contributed by atoms with Gasteiger partial charge in [-0.2, -0.15) is 0 Å². The van der Waals surface area contributed by atoms with Gasteiger partial charge in [-0.1, -0.05) is 0 Å². The minimum Gasteiger partial charge on any atom is -0.554 e. The van der Waals surface area contributed by atoms with Crippen molar-refractivity contribution in [1.82, 2.24) is 5.32 Å². The molecular weight excluding hydrogens is 149 g/mol. The molecule has 0 radical (unpaired) electrons. The molecule has 1 fully saturated rings. The van der Waals surface area contributed by atoms with E-state index in [0.29, 0.717) is 0 Å². The van der Waals surface area contributed by atoms with E-state index in [2.05, 4.69) is 5.32 Å². The zero-order chi connectivity index (χ0) is 7.11. The first-order valence-electron chi connectivity index (χ1n) is 2.63. The maximum absolute atomic E-state index is 10.1. The van der Waals surface area contributed by atoms with Crippen molar-refractivity contribution in [3.05, 3.63) is 0 Å². The molecule has 0 aromatic carbocycles. The van der Waals surface area contributed by atoms with Crippen molar-refractivity contribution in [2.24, 2.45) is 0 Å². The summed E-state index contributed by atoms with van der Waals surface area (Å²) in [4.78, 5) is 18.4. The zero-order valence-corrected chi connectivity index (χ0v) is 6.66. The average molecular weight is 157 g/mol. The van der Waals surface area contributed by atoms with Gasteiger partial charge in [0.15, 0.2) is 0 Å². The molecule has 0 aromatic rings. The molecule has 0 saturated carbocycles. The molecule has 1 amide bonds. The Bertz CT molecular complexity index is 99.1. The van der Waals surface area contributed by atoms with Gasteiger partial charge in [-0.25, -0.2) is 0 Å². The third-order valence-corrected chi connectivity index (χ3v) is 0.903. The number of amides is 1. The first kappa shape index (κ1) is 12.2. The van der Waals surface area contributed by atoms with Gasteiger partial charge in [0.1, 0.15) is 0 Å². The van der Waals surface area contributed by atoms with E-state index in [-0.39, 0.29) is 23.3 Å². The van der Waals surface area contributed by atoms with Gasteiger partial charge >= 0.3 is 17.4 Å². The minimum absolute atomic E-state index is 0. The smallest absolute Gasteiger partial charge is 0.554 e. The monoisotopic (exact) mass is 157 g/mol. The number of nitrogens with one attached hydrogen (secondary N) is 1. The quantitative estimate of drug-likeness (QED) is 0.323. The SMILES string of the molecule is O=C1CCCN1.O=C[O-].[Al+3]. The molecular formula is C5H8AlNO3+2. The third-order valence-electron chi connectivity index (χ3n) is 0.903. The van der Waals surface area contributed by atoms with Gasteiger partial charge in [0.05, 0.1) is 0 Å². The molecule has 1 saturated heterocycles. The fourth-order valence-corrected chi connectivity index (χ4v) is 0.565. The molecule has 1 rings (SSSR count). The molecule has 0 unspecified atom stereocenters. The molecule has 0 spiro atoms. The Morgan fingerprint density at radius 2 is 2.10 bits per heavy atom. The maximum atomic E-state index is 10.1. The van der Waals surface area contributed by atoms with Gasteiger partial charge in [-0.05, 0) is 6.42 Å². The van der Waals surface area contributed by atoms with Crippen LogP contribution in [-0.4, -0.2) is 36.3 Å². The van der Waals surface area contributed by atoms with Crippen LogP contribution in [0.15, 0.2) is 0 Å². The van der Waals surface area contributed by atoms with E-state index in [9.17, 15) is 4.79 Å². The Morgan fingerprint density at radius 1 is 1.60 bits per heavy atom. The molecule has 4 nitrogen and oxygen atoms in total. The largest absolute Gasteiger partial charge is 3.00 e. The summed E-state index contributed by atoms with van der Waals surface area (Å²) in [7, 11) is 0. The summed E-state index contributed by atoms with van der Waals surface area (Å²) in [5.41, 5.74) is 0. The van der Waals surface area contributed by atoms with E-state index in [1.165, 1.54) is 0 Å². The van der Waals surface area contributed by atoms with E-state index >= 15 is 0 Å². The number of carbonyl (C=O) groups is 2. The normalized spacial score (nSPS) is 13.8. The van der Waals surface area contributed by atoms with Gasteiger partial charge in [-0.3, -0.25) is 4.79 Å². The number of carbonyl (C=O) groups excluding carboxylic acids is 2. The van der Waals surface area contributed by atoms with Crippen LogP contribution in [0.25, 0.3) is 0 Å². The predicted octanol–water partition coefficient (Wildman–Crippen LogP) is -2.12. The second kappa shape index (κ2) is 8.47. The summed E-state index contributed by atoms with van der Waals surface area (Å²) >= 11 is 0. The van der Waals surface area contributed by atoms with Crippen molar-refractivity contribution in [2.75, 3.05) is 6.54 Å². The van der Waals surface area contributed by atoms with Crippen LogP contribution >= 0.6 is 0 Å². The molecule has 0 atom stereocenters. The molecule has 1 aliphatic heterocycles. The molecule has 1 heterocycles. The fourth-order valence-electron chi connectivity index (χ4n) is 0.565. The molecule has 0 aliphatic carbocycles. The average Bonchev–Trinajstić information content (AvgIpc) is 2.20. The fraction of sp³-hybridized carbons (Fsp3) is 0.600. The Kier molecular flexibility index (Phi) is 10.3. The Morgan fingerprint density at radius 3 is 2.20 bits per heavy atom. The minimum atomic E-state index is -0.500. The van der Waals surface area contributed by atoms with Gasteiger partial charge in [0, 0.05) is 19.4 Å². The van der Waals surface area contributed by atoms with Gasteiger partial charge in [-0.15, -0.1) is 0 Å². The zero-order valence-electron chi connectivity index (χ0n) is 5.50. The van der Waals surface area contributed by atoms with Crippen LogP contribution in [0.1, 0.15) is 12.8 Å². The molecule has 10 heavy (non-hydrogen) atoms. The summed E-state index contributed by atoms with van der Waals surface area (Å²) in [6.45, 7) is 0.388. The maximum Gasteiger partial charge on any atom is 3.00 e. The van der Waals surface area contributed by atoms with Gasteiger partial charge in [0.2, 0.25) is 5.91 Å². The van der Waals surface area contributed by atoms with Crippen LogP contribution in [0, 0.1) is 0 Å². The van der Waals surface area contributed by atoms with Crippen molar-refractivity contribution in [2.45, 2.75) is 12.8 Å². The van der Waals surface area contributed by atoms with Crippen molar-refractivity contribution in [1.29, 1.82) is 0 Å². The summed E-state index contributed by atoms with van der Waals surface area (Å²) in [6.07, 6.45) is 1.76. The van der Waals surface area contributed by atoms with Crippen molar-refractivity contribution < 1.29 is 14.7 Å². The van der Waals surface area contributed by atoms with Crippen LogP contribution in [0.5, 0.6) is 0 Å². The molecule has 52 valence electrons. The predicted molar refractivity (Wildman–Crippen MR) is 34.1 cm³/mol. The Labute approximate surface area is 69.7 Å². The van der Waals surface area contributed by atoms with E-state index in [1.807, 2.05) is 0 Å². The molecule has 1 N–H and O–H groups in total. The van der Waals surface area contributed by atoms with Crippen LogP contribution in [-0.2, 0) is 9.59 Å². The third kappa shape index (κ3) is 7.47. The number of carboxylic acid groups (broad SMARTS) is 1. The van der Waals surface area contributed by atoms with Crippen LogP contribution in [0.4, 0.5) is 0 Å². The molecule has 0 bridgehead atoms. The second-order valence-electron chi connectivity index (χ2n) is 1.55. The standard InChI is InChI=1S/C4H7NO.CH2O2.Al/c6-4-2-1-3-5-4;2-1-3;/h1-3H2,(H,5,6);1H,(H,2,3);/q;;+3/p-1.